The fraction of sp³-hybridized carbons (Fsp3) is 0.211. The lowest BCUT2D eigenvalue weighted by molar-refractivity contribution is -0.136. The standard InChI is InChI=1S/C19H17F3N4OS/c20-19(21,22)14-4-1-2-5-15(14)26-18(27)24-9-3-6-17-25-16(12-28-17)13-7-10-23-11-8-13/h1-2,4-5,7-8,10-12H,3,6,9H2,(H2,24,26,27). The summed E-state index contributed by atoms with van der Waals surface area (Å²) in [6.07, 6.45) is 0.162. The molecule has 9 heteroatoms. The van der Waals surface area contributed by atoms with Crippen molar-refractivity contribution in [2.75, 3.05) is 11.9 Å². The highest BCUT2D eigenvalue weighted by Crippen LogP contribution is 2.34. The zero-order valence-corrected chi connectivity index (χ0v) is 15.5. The number of amides is 2. The second-order valence-corrected chi connectivity index (χ2v) is 6.83. The molecule has 0 saturated carbocycles. The number of hydrogen-bond donors (Lipinski definition) is 2. The Hall–Kier alpha value is -2.94. The first kappa shape index (κ1) is 19.8. The monoisotopic (exact) mass is 406 g/mol. The lowest BCUT2D eigenvalue weighted by Gasteiger charge is -2.13. The molecule has 0 aliphatic heterocycles. The van der Waals surface area contributed by atoms with Crippen molar-refractivity contribution >= 4 is 23.1 Å². The minimum Gasteiger partial charge on any atom is -0.338 e. The van der Waals surface area contributed by atoms with Gasteiger partial charge in [0.1, 0.15) is 0 Å². The predicted octanol–water partition coefficient (Wildman–Crippen LogP) is 4.98. The van der Waals surface area contributed by atoms with Crippen molar-refractivity contribution in [1.29, 1.82) is 0 Å². The third-order valence-corrected chi connectivity index (χ3v) is 4.77. The van der Waals surface area contributed by atoms with Crippen LogP contribution in [0.1, 0.15) is 17.0 Å². The number of nitrogens with one attached hydrogen (secondary N) is 2. The maximum Gasteiger partial charge on any atom is 0.418 e. The van der Waals surface area contributed by atoms with Gasteiger partial charge in [0.2, 0.25) is 0 Å². The quantitative estimate of drug-likeness (QED) is 0.568. The molecule has 0 bridgehead atoms. The number of thiazole rings is 1. The number of rotatable bonds is 6. The SMILES string of the molecule is O=C(NCCCc1nc(-c2ccncc2)cs1)Nc1ccccc1C(F)(F)F. The van der Waals surface area contributed by atoms with Gasteiger partial charge in [0.15, 0.2) is 0 Å². The van der Waals surface area contributed by atoms with Gasteiger partial charge in [-0.15, -0.1) is 11.3 Å². The number of nitrogens with zero attached hydrogens (tertiary/aromatic N) is 2. The van der Waals surface area contributed by atoms with Gasteiger partial charge in [-0.3, -0.25) is 4.98 Å². The first-order valence-electron chi connectivity index (χ1n) is 8.49. The van der Waals surface area contributed by atoms with Gasteiger partial charge in [-0.2, -0.15) is 13.2 Å². The van der Waals surface area contributed by atoms with E-state index in [4.69, 9.17) is 0 Å². The van der Waals surface area contributed by atoms with Gasteiger partial charge in [-0.25, -0.2) is 9.78 Å². The van der Waals surface area contributed by atoms with Gasteiger partial charge >= 0.3 is 12.2 Å². The number of hydrogen-bond acceptors (Lipinski definition) is 4. The highest BCUT2D eigenvalue weighted by Gasteiger charge is 2.33. The Bertz CT molecular complexity index is 928. The highest BCUT2D eigenvalue weighted by atomic mass is 32.1. The first-order chi connectivity index (χ1) is 13.4. The van der Waals surface area contributed by atoms with E-state index in [2.05, 4.69) is 20.6 Å². The van der Waals surface area contributed by atoms with Crippen molar-refractivity contribution < 1.29 is 18.0 Å². The fourth-order valence-electron chi connectivity index (χ4n) is 2.53. The molecular formula is C19H17F3N4OS. The smallest absolute Gasteiger partial charge is 0.338 e. The second kappa shape index (κ2) is 8.83. The largest absolute Gasteiger partial charge is 0.418 e. The zero-order chi connectivity index (χ0) is 20.0. The van der Waals surface area contributed by atoms with Gasteiger partial charge in [-0.1, -0.05) is 12.1 Å². The summed E-state index contributed by atoms with van der Waals surface area (Å²) < 4.78 is 38.8. The normalized spacial score (nSPS) is 11.2. The van der Waals surface area contributed by atoms with E-state index >= 15 is 0 Å². The van der Waals surface area contributed by atoms with Crippen LogP contribution in [-0.2, 0) is 12.6 Å². The molecule has 3 aromatic rings. The summed E-state index contributed by atoms with van der Waals surface area (Å²) >= 11 is 1.53. The molecule has 0 spiro atoms. The van der Waals surface area contributed by atoms with E-state index in [-0.39, 0.29) is 5.69 Å². The summed E-state index contributed by atoms with van der Waals surface area (Å²) in [6, 6.07) is 7.95. The number of aromatic nitrogens is 2. The molecule has 0 aliphatic rings. The second-order valence-electron chi connectivity index (χ2n) is 5.89. The van der Waals surface area contributed by atoms with Crippen LogP contribution in [0.3, 0.4) is 0 Å². The number of carbonyl (C=O) groups excluding carboxylic acids is 1. The van der Waals surface area contributed by atoms with Crippen molar-refractivity contribution in [3.05, 3.63) is 64.7 Å². The van der Waals surface area contributed by atoms with Gasteiger partial charge < -0.3 is 10.6 Å². The number of carbonyl (C=O) groups is 1. The minimum absolute atomic E-state index is 0.269. The molecular weight excluding hydrogens is 389 g/mol. The number of anilines is 1. The number of halogens is 3. The van der Waals surface area contributed by atoms with E-state index in [0.29, 0.717) is 19.4 Å². The van der Waals surface area contributed by atoms with E-state index in [1.165, 1.54) is 29.5 Å². The van der Waals surface area contributed by atoms with E-state index in [9.17, 15) is 18.0 Å². The summed E-state index contributed by atoms with van der Waals surface area (Å²) in [5.74, 6) is 0. The number of para-hydroxylation sites is 1. The van der Waals surface area contributed by atoms with Crippen molar-refractivity contribution in [3.8, 4) is 11.3 Å². The van der Waals surface area contributed by atoms with Gasteiger partial charge in [0.25, 0.3) is 0 Å². The molecule has 0 aliphatic carbocycles. The molecule has 0 fully saturated rings. The van der Waals surface area contributed by atoms with Crippen LogP contribution in [0, 0.1) is 0 Å². The van der Waals surface area contributed by atoms with Crippen LogP contribution in [0.25, 0.3) is 11.3 Å². The van der Waals surface area contributed by atoms with Gasteiger partial charge in [0, 0.05) is 36.3 Å². The molecule has 0 unspecified atom stereocenters. The highest BCUT2D eigenvalue weighted by molar-refractivity contribution is 7.09. The maximum atomic E-state index is 12.9. The molecule has 5 nitrogen and oxygen atoms in total. The molecule has 2 amide bonds. The van der Waals surface area contributed by atoms with Crippen LogP contribution in [-0.4, -0.2) is 22.5 Å². The molecule has 0 saturated heterocycles. The third-order valence-electron chi connectivity index (χ3n) is 3.86. The number of urea groups is 1. The molecule has 2 aromatic heterocycles. The van der Waals surface area contributed by atoms with Crippen LogP contribution < -0.4 is 10.6 Å². The maximum absolute atomic E-state index is 12.9. The first-order valence-corrected chi connectivity index (χ1v) is 9.37. The summed E-state index contributed by atoms with van der Waals surface area (Å²) in [6.45, 7) is 0.324. The van der Waals surface area contributed by atoms with Gasteiger partial charge in [-0.05, 0) is 30.7 Å². The molecule has 1 aromatic carbocycles. The van der Waals surface area contributed by atoms with Gasteiger partial charge in [0.05, 0.1) is 22.0 Å². The Labute approximate surface area is 163 Å². The number of pyridine rings is 1. The molecule has 2 heterocycles. The molecule has 0 atom stereocenters. The summed E-state index contributed by atoms with van der Waals surface area (Å²) in [4.78, 5) is 20.4. The molecule has 2 N–H and O–H groups in total. The molecule has 146 valence electrons. The Balaban J connectivity index is 1.46. The van der Waals surface area contributed by atoms with E-state index in [0.717, 1.165) is 22.3 Å². The number of aryl methyl sites for hydroxylation is 1. The Kier molecular flexibility index (Phi) is 6.25. The van der Waals surface area contributed by atoms with Crippen LogP contribution in [0.15, 0.2) is 54.2 Å². The van der Waals surface area contributed by atoms with Crippen LogP contribution in [0.5, 0.6) is 0 Å². The van der Waals surface area contributed by atoms with Crippen molar-refractivity contribution in [3.63, 3.8) is 0 Å². The molecule has 0 radical (unpaired) electrons. The third kappa shape index (κ3) is 5.29. The van der Waals surface area contributed by atoms with Crippen LogP contribution >= 0.6 is 11.3 Å². The number of alkyl halides is 3. The average Bonchev–Trinajstić information content (AvgIpc) is 3.14. The summed E-state index contributed by atoms with van der Waals surface area (Å²) in [5.41, 5.74) is 0.709. The Morgan fingerprint density at radius 1 is 1.11 bits per heavy atom. The van der Waals surface area contributed by atoms with Crippen molar-refractivity contribution in [2.45, 2.75) is 19.0 Å². The van der Waals surface area contributed by atoms with Crippen molar-refractivity contribution in [2.24, 2.45) is 0 Å². The average molecular weight is 406 g/mol. The lowest BCUT2D eigenvalue weighted by atomic mass is 10.1. The minimum atomic E-state index is -4.53. The zero-order valence-electron chi connectivity index (χ0n) is 14.7. The van der Waals surface area contributed by atoms with E-state index < -0.39 is 17.8 Å². The summed E-state index contributed by atoms with van der Waals surface area (Å²) in [7, 11) is 0. The number of benzene rings is 1. The van der Waals surface area contributed by atoms with Crippen LogP contribution in [0.4, 0.5) is 23.7 Å². The summed E-state index contributed by atoms with van der Waals surface area (Å²) in [5, 5.41) is 7.71. The Morgan fingerprint density at radius 2 is 1.86 bits per heavy atom. The lowest BCUT2D eigenvalue weighted by Crippen LogP contribution is -2.30. The predicted molar refractivity (Wildman–Crippen MR) is 102 cm³/mol. The molecule has 28 heavy (non-hydrogen) atoms. The van der Waals surface area contributed by atoms with Crippen LogP contribution in [0.2, 0.25) is 0 Å². The Morgan fingerprint density at radius 3 is 2.61 bits per heavy atom. The van der Waals surface area contributed by atoms with E-state index in [1.807, 2.05) is 17.5 Å². The van der Waals surface area contributed by atoms with Crippen molar-refractivity contribution in [1.82, 2.24) is 15.3 Å². The topological polar surface area (TPSA) is 66.9 Å². The molecule has 3 rings (SSSR count). The fourth-order valence-corrected chi connectivity index (χ4v) is 3.38. The van der Waals surface area contributed by atoms with E-state index in [1.54, 1.807) is 12.4 Å².